The Balaban J connectivity index is 1.96. The highest BCUT2D eigenvalue weighted by molar-refractivity contribution is 7.14. The molecule has 1 amide bonds. The average Bonchev–Trinajstić information content (AvgIpc) is 3.01. The van der Waals surface area contributed by atoms with E-state index in [1.807, 2.05) is 5.38 Å². The number of rotatable bonds is 4. The SMILES string of the molecule is COC(=O)[C@@H]1C[C@H]1c1csc(NC(=O)CCl)n1. The van der Waals surface area contributed by atoms with Gasteiger partial charge in [-0.25, -0.2) is 4.98 Å². The number of halogens is 1. The summed E-state index contributed by atoms with van der Waals surface area (Å²) >= 11 is 6.70. The topological polar surface area (TPSA) is 68.3 Å². The molecule has 1 fully saturated rings. The van der Waals surface area contributed by atoms with Gasteiger partial charge in [-0.1, -0.05) is 0 Å². The zero-order chi connectivity index (χ0) is 12.4. The summed E-state index contributed by atoms with van der Waals surface area (Å²) in [6, 6.07) is 0. The molecule has 0 unspecified atom stereocenters. The van der Waals surface area contributed by atoms with E-state index in [0.717, 1.165) is 12.1 Å². The third-order valence-electron chi connectivity index (χ3n) is 2.56. The van der Waals surface area contributed by atoms with E-state index < -0.39 is 0 Å². The van der Waals surface area contributed by atoms with Crippen LogP contribution in [0, 0.1) is 5.92 Å². The van der Waals surface area contributed by atoms with Crippen molar-refractivity contribution in [1.82, 2.24) is 4.98 Å². The van der Waals surface area contributed by atoms with Gasteiger partial charge in [-0.15, -0.1) is 22.9 Å². The number of carbonyl (C=O) groups is 2. The van der Waals surface area contributed by atoms with Crippen molar-refractivity contribution < 1.29 is 14.3 Å². The van der Waals surface area contributed by atoms with Crippen LogP contribution in [0.4, 0.5) is 5.13 Å². The molecule has 0 spiro atoms. The predicted octanol–water partition coefficient (Wildman–Crippen LogP) is 1.60. The summed E-state index contributed by atoms with van der Waals surface area (Å²) in [6.07, 6.45) is 0.763. The maximum absolute atomic E-state index is 11.3. The van der Waals surface area contributed by atoms with Gasteiger partial charge in [0.05, 0.1) is 18.7 Å². The van der Waals surface area contributed by atoms with Crippen molar-refractivity contribution in [3.05, 3.63) is 11.1 Å². The molecule has 2 rings (SSSR count). The van der Waals surface area contributed by atoms with Crippen LogP contribution in [0.2, 0.25) is 0 Å². The normalized spacial score (nSPS) is 22.0. The van der Waals surface area contributed by atoms with Gasteiger partial charge in [0.1, 0.15) is 5.88 Å². The molecule has 1 aliphatic carbocycles. The summed E-state index contributed by atoms with van der Waals surface area (Å²) in [4.78, 5) is 26.5. The number of thiazole rings is 1. The fraction of sp³-hybridized carbons (Fsp3) is 0.500. The largest absolute Gasteiger partial charge is 0.469 e. The molecule has 0 bridgehead atoms. The summed E-state index contributed by atoms with van der Waals surface area (Å²) in [6.45, 7) is 0. The first-order valence-corrected chi connectivity index (χ1v) is 6.46. The standard InChI is InChI=1S/C10H11ClN2O3S/c1-16-9(15)6-2-5(6)7-4-17-10(12-7)13-8(14)3-11/h4-6H,2-3H2,1H3,(H,12,13,14)/t5-,6-/m1/s1. The molecule has 2 atom stereocenters. The molecule has 0 radical (unpaired) electrons. The Morgan fingerprint density at radius 1 is 1.71 bits per heavy atom. The van der Waals surface area contributed by atoms with Crippen molar-refractivity contribution >= 4 is 39.9 Å². The Labute approximate surface area is 107 Å². The van der Waals surface area contributed by atoms with Crippen molar-refractivity contribution in [3.63, 3.8) is 0 Å². The lowest BCUT2D eigenvalue weighted by Gasteiger charge is -1.96. The number of methoxy groups -OCH3 is 1. The number of nitrogens with one attached hydrogen (secondary N) is 1. The molecule has 1 aromatic rings. The second-order valence-electron chi connectivity index (χ2n) is 3.73. The number of alkyl halides is 1. The molecular weight excluding hydrogens is 264 g/mol. The summed E-state index contributed by atoms with van der Waals surface area (Å²) in [5.41, 5.74) is 0.829. The molecule has 0 aromatic carbocycles. The van der Waals surface area contributed by atoms with Crippen LogP contribution < -0.4 is 5.32 Å². The van der Waals surface area contributed by atoms with E-state index in [1.54, 1.807) is 0 Å². The first-order valence-electron chi connectivity index (χ1n) is 5.04. The molecule has 1 heterocycles. The van der Waals surface area contributed by atoms with Gasteiger partial charge in [0.15, 0.2) is 5.13 Å². The van der Waals surface area contributed by atoms with Crippen LogP contribution in [0.15, 0.2) is 5.38 Å². The molecule has 1 aliphatic rings. The molecule has 7 heteroatoms. The lowest BCUT2D eigenvalue weighted by Crippen LogP contribution is -2.12. The summed E-state index contributed by atoms with van der Waals surface area (Å²) in [5, 5.41) is 4.93. The number of amides is 1. The molecule has 1 saturated carbocycles. The van der Waals surface area contributed by atoms with Crippen molar-refractivity contribution in [2.24, 2.45) is 5.92 Å². The van der Waals surface area contributed by atoms with E-state index in [0.29, 0.717) is 5.13 Å². The average molecular weight is 275 g/mol. The highest BCUT2D eigenvalue weighted by Crippen LogP contribution is 2.48. The summed E-state index contributed by atoms with van der Waals surface area (Å²) < 4.78 is 4.66. The van der Waals surface area contributed by atoms with E-state index in [9.17, 15) is 9.59 Å². The second-order valence-corrected chi connectivity index (χ2v) is 4.86. The van der Waals surface area contributed by atoms with Gasteiger partial charge in [0, 0.05) is 11.3 Å². The van der Waals surface area contributed by atoms with Gasteiger partial charge in [-0.2, -0.15) is 0 Å². The summed E-state index contributed by atoms with van der Waals surface area (Å²) in [7, 11) is 1.38. The lowest BCUT2D eigenvalue weighted by molar-refractivity contribution is -0.142. The minimum atomic E-state index is -0.284. The van der Waals surface area contributed by atoms with E-state index >= 15 is 0 Å². The molecule has 0 saturated heterocycles. The molecule has 17 heavy (non-hydrogen) atoms. The first kappa shape index (κ1) is 12.3. The predicted molar refractivity (Wildman–Crippen MR) is 64.3 cm³/mol. The zero-order valence-electron chi connectivity index (χ0n) is 9.10. The number of esters is 1. The Hall–Kier alpha value is -1.14. The highest BCUT2D eigenvalue weighted by Gasteiger charge is 2.46. The van der Waals surface area contributed by atoms with Gasteiger partial charge in [-0.3, -0.25) is 9.59 Å². The van der Waals surface area contributed by atoms with E-state index in [1.165, 1.54) is 18.4 Å². The first-order chi connectivity index (χ1) is 8.15. The van der Waals surface area contributed by atoms with Crippen molar-refractivity contribution in [3.8, 4) is 0 Å². The van der Waals surface area contributed by atoms with Crippen molar-refractivity contribution in [2.75, 3.05) is 18.3 Å². The lowest BCUT2D eigenvalue weighted by atomic mass is 10.2. The molecule has 5 nitrogen and oxygen atoms in total. The third kappa shape index (κ3) is 2.76. The number of anilines is 1. The van der Waals surface area contributed by atoms with Crippen LogP contribution in [0.25, 0.3) is 0 Å². The Bertz CT molecular complexity index is 449. The van der Waals surface area contributed by atoms with Gasteiger partial charge in [0.2, 0.25) is 5.91 Å². The van der Waals surface area contributed by atoms with Crippen molar-refractivity contribution in [1.29, 1.82) is 0 Å². The Morgan fingerprint density at radius 2 is 2.47 bits per heavy atom. The fourth-order valence-corrected chi connectivity index (χ4v) is 2.46. The molecule has 1 N–H and O–H groups in total. The van der Waals surface area contributed by atoms with Crippen LogP contribution in [0.5, 0.6) is 0 Å². The molecular formula is C10H11ClN2O3S. The molecule has 92 valence electrons. The van der Waals surface area contributed by atoms with Gasteiger partial charge < -0.3 is 10.1 Å². The Kier molecular flexibility index (Phi) is 3.63. The smallest absolute Gasteiger partial charge is 0.309 e. The number of carbonyl (C=O) groups excluding carboxylic acids is 2. The minimum absolute atomic E-state index is 0.0846. The van der Waals surface area contributed by atoms with Gasteiger partial charge in [0.25, 0.3) is 0 Å². The van der Waals surface area contributed by atoms with E-state index in [2.05, 4.69) is 15.0 Å². The molecule has 1 aromatic heterocycles. The van der Waals surface area contributed by atoms with Crippen LogP contribution in [0.3, 0.4) is 0 Å². The van der Waals surface area contributed by atoms with E-state index in [-0.39, 0.29) is 29.6 Å². The quantitative estimate of drug-likeness (QED) is 0.669. The van der Waals surface area contributed by atoms with Gasteiger partial charge in [-0.05, 0) is 6.42 Å². The minimum Gasteiger partial charge on any atom is -0.469 e. The van der Waals surface area contributed by atoms with Crippen molar-refractivity contribution in [2.45, 2.75) is 12.3 Å². The highest BCUT2D eigenvalue weighted by atomic mass is 35.5. The number of hydrogen-bond acceptors (Lipinski definition) is 5. The maximum Gasteiger partial charge on any atom is 0.309 e. The molecule has 0 aliphatic heterocycles. The second kappa shape index (κ2) is 5.01. The third-order valence-corrected chi connectivity index (χ3v) is 3.58. The Morgan fingerprint density at radius 3 is 3.12 bits per heavy atom. The number of ether oxygens (including phenoxy) is 1. The van der Waals surface area contributed by atoms with E-state index in [4.69, 9.17) is 11.6 Å². The zero-order valence-corrected chi connectivity index (χ0v) is 10.7. The summed E-state index contributed by atoms with van der Waals surface area (Å²) in [5.74, 6) is -0.537. The monoisotopic (exact) mass is 274 g/mol. The fourth-order valence-electron chi connectivity index (χ4n) is 1.60. The van der Waals surface area contributed by atoms with Crippen LogP contribution in [-0.4, -0.2) is 29.9 Å². The maximum atomic E-state index is 11.3. The number of aromatic nitrogens is 1. The number of hydrogen-bond donors (Lipinski definition) is 1. The van der Waals surface area contributed by atoms with Gasteiger partial charge >= 0.3 is 5.97 Å². The van der Waals surface area contributed by atoms with Crippen LogP contribution >= 0.6 is 22.9 Å². The van der Waals surface area contributed by atoms with Crippen LogP contribution in [-0.2, 0) is 14.3 Å². The van der Waals surface area contributed by atoms with Crippen LogP contribution in [0.1, 0.15) is 18.0 Å². The number of nitrogens with zero attached hydrogens (tertiary/aromatic N) is 1.